The van der Waals surface area contributed by atoms with Crippen LogP contribution in [0.2, 0.25) is 0 Å². The monoisotopic (exact) mass is 320 g/mol. The predicted octanol–water partition coefficient (Wildman–Crippen LogP) is 2.38. The highest BCUT2D eigenvalue weighted by atomic mass is 16.5. The first-order chi connectivity index (χ1) is 10.9. The van der Waals surface area contributed by atoms with Crippen LogP contribution in [0.3, 0.4) is 0 Å². The Morgan fingerprint density at radius 2 is 1.83 bits per heavy atom. The van der Waals surface area contributed by atoms with E-state index in [9.17, 15) is 9.59 Å². The van der Waals surface area contributed by atoms with E-state index < -0.39 is 0 Å². The number of aryl methyl sites for hydroxylation is 1. The fourth-order valence-corrected chi connectivity index (χ4v) is 2.01. The van der Waals surface area contributed by atoms with E-state index in [1.807, 2.05) is 31.2 Å². The summed E-state index contributed by atoms with van der Waals surface area (Å²) in [4.78, 5) is 25.1. The van der Waals surface area contributed by atoms with Gasteiger partial charge in [0, 0.05) is 26.6 Å². The van der Waals surface area contributed by atoms with Crippen molar-refractivity contribution in [3.63, 3.8) is 0 Å². The number of rotatable bonds is 9. The SMILES string of the molecule is CC(=O)N(CCNC(=O)COc1ccc(C)cc1)CCC(C)C. The number of nitrogens with one attached hydrogen (secondary N) is 1. The Hall–Kier alpha value is -2.04. The summed E-state index contributed by atoms with van der Waals surface area (Å²) in [6.45, 7) is 9.48. The highest BCUT2D eigenvalue weighted by Gasteiger charge is 2.10. The van der Waals surface area contributed by atoms with Crippen molar-refractivity contribution >= 4 is 11.8 Å². The van der Waals surface area contributed by atoms with Crippen LogP contribution in [-0.4, -0.2) is 43.0 Å². The minimum atomic E-state index is -0.182. The molecule has 0 aliphatic carbocycles. The molecule has 1 rings (SSSR count). The summed E-state index contributed by atoms with van der Waals surface area (Å²) in [6, 6.07) is 7.55. The Labute approximate surface area is 139 Å². The third-order valence-corrected chi connectivity index (χ3v) is 3.52. The minimum Gasteiger partial charge on any atom is -0.484 e. The molecule has 0 fully saturated rings. The first-order valence-electron chi connectivity index (χ1n) is 8.10. The van der Waals surface area contributed by atoms with Crippen molar-refractivity contribution in [1.82, 2.24) is 10.2 Å². The van der Waals surface area contributed by atoms with E-state index in [0.717, 1.165) is 18.5 Å². The third-order valence-electron chi connectivity index (χ3n) is 3.52. The van der Waals surface area contributed by atoms with Crippen LogP contribution in [0.1, 0.15) is 32.8 Å². The van der Waals surface area contributed by atoms with E-state index >= 15 is 0 Å². The molecule has 1 aromatic carbocycles. The van der Waals surface area contributed by atoms with Gasteiger partial charge in [0.2, 0.25) is 5.91 Å². The Bertz CT molecular complexity index is 497. The standard InChI is InChI=1S/C18H28N2O3/c1-14(2)9-11-20(16(4)21)12-10-19-18(22)13-23-17-7-5-15(3)6-8-17/h5-8,14H,9-13H2,1-4H3,(H,19,22). The molecule has 0 spiro atoms. The van der Waals surface area contributed by atoms with Gasteiger partial charge in [0.15, 0.2) is 6.61 Å². The number of amides is 2. The van der Waals surface area contributed by atoms with Crippen LogP contribution < -0.4 is 10.1 Å². The molecule has 0 bridgehead atoms. The largest absolute Gasteiger partial charge is 0.484 e. The molecule has 0 saturated heterocycles. The first kappa shape index (κ1) is 19.0. The summed E-state index contributed by atoms with van der Waals surface area (Å²) in [6.07, 6.45) is 0.962. The van der Waals surface area contributed by atoms with Gasteiger partial charge in [-0.2, -0.15) is 0 Å². The van der Waals surface area contributed by atoms with Gasteiger partial charge in [0.05, 0.1) is 0 Å². The average molecular weight is 320 g/mol. The minimum absolute atomic E-state index is 0.0187. The summed E-state index contributed by atoms with van der Waals surface area (Å²) < 4.78 is 5.41. The Balaban J connectivity index is 2.26. The number of carbonyl (C=O) groups is 2. The molecule has 0 saturated carbocycles. The molecule has 1 N–H and O–H groups in total. The quantitative estimate of drug-likeness (QED) is 0.760. The number of nitrogens with zero attached hydrogens (tertiary/aromatic N) is 1. The van der Waals surface area contributed by atoms with Gasteiger partial charge in [-0.15, -0.1) is 0 Å². The van der Waals surface area contributed by atoms with Gasteiger partial charge in [0.25, 0.3) is 5.91 Å². The van der Waals surface area contributed by atoms with E-state index in [-0.39, 0.29) is 18.4 Å². The summed E-state index contributed by atoms with van der Waals surface area (Å²) in [7, 11) is 0. The van der Waals surface area contributed by atoms with Crippen LogP contribution in [0, 0.1) is 12.8 Å². The Morgan fingerprint density at radius 1 is 1.17 bits per heavy atom. The van der Waals surface area contributed by atoms with Crippen molar-refractivity contribution in [3.8, 4) is 5.75 Å². The highest BCUT2D eigenvalue weighted by molar-refractivity contribution is 5.77. The van der Waals surface area contributed by atoms with Crippen molar-refractivity contribution < 1.29 is 14.3 Å². The van der Waals surface area contributed by atoms with E-state index in [4.69, 9.17) is 4.74 Å². The van der Waals surface area contributed by atoms with Crippen LogP contribution in [0.4, 0.5) is 0 Å². The van der Waals surface area contributed by atoms with Crippen molar-refractivity contribution in [1.29, 1.82) is 0 Å². The molecule has 0 heterocycles. The molecule has 2 amide bonds. The fraction of sp³-hybridized carbons (Fsp3) is 0.556. The van der Waals surface area contributed by atoms with Gasteiger partial charge in [-0.05, 0) is 31.4 Å². The molecule has 23 heavy (non-hydrogen) atoms. The van der Waals surface area contributed by atoms with Crippen molar-refractivity contribution in [2.45, 2.75) is 34.1 Å². The van der Waals surface area contributed by atoms with Crippen molar-refractivity contribution in [3.05, 3.63) is 29.8 Å². The van der Waals surface area contributed by atoms with Gasteiger partial charge in [-0.25, -0.2) is 0 Å². The molecular weight excluding hydrogens is 292 g/mol. The summed E-state index contributed by atoms with van der Waals surface area (Å²) in [5.74, 6) is 1.08. The van der Waals surface area contributed by atoms with E-state index in [1.54, 1.807) is 11.8 Å². The third kappa shape index (κ3) is 8.24. The van der Waals surface area contributed by atoms with Crippen LogP contribution >= 0.6 is 0 Å². The zero-order valence-electron chi connectivity index (χ0n) is 14.6. The molecule has 0 radical (unpaired) electrons. The summed E-state index contributed by atoms with van der Waals surface area (Å²) >= 11 is 0. The molecule has 0 aliphatic heterocycles. The molecule has 1 aromatic rings. The van der Waals surface area contributed by atoms with Gasteiger partial charge in [0.1, 0.15) is 5.75 Å². The van der Waals surface area contributed by atoms with Crippen molar-refractivity contribution in [2.75, 3.05) is 26.2 Å². The van der Waals surface area contributed by atoms with Crippen LogP contribution in [0.15, 0.2) is 24.3 Å². The zero-order chi connectivity index (χ0) is 17.2. The maximum absolute atomic E-state index is 11.8. The van der Waals surface area contributed by atoms with E-state index in [1.165, 1.54) is 0 Å². The zero-order valence-corrected chi connectivity index (χ0v) is 14.6. The molecule has 0 unspecified atom stereocenters. The molecule has 0 aliphatic rings. The predicted molar refractivity (Wildman–Crippen MR) is 91.4 cm³/mol. The maximum Gasteiger partial charge on any atom is 0.258 e. The lowest BCUT2D eigenvalue weighted by molar-refractivity contribution is -0.129. The highest BCUT2D eigenvalue weighted by Crippen LogP contribution is 2.10. The Morgan fingerprint density at radius 3 is 2.39 bits per heavy atom. The molecule has 0 aromatic heterocycles. The van der Waals surface area contributed by atoms with E-state index in [2.05, 4.69) is 19.2 Å². The first-order valence-corrected chi connectivity index (χ1v) is 8.10. The molecule has 128 valence electrons. The topological polar surface area (TPSA) is 58.6 Å². The molecular formula is C18H28N2O3. The Kier molecular flexibility index (Phi) is 8.16. The van der Waals surface area contributed by atoms with Gasteiger partial charge in [-0.1, -0.05) is 31.5 Å². The van der Waals surface area contributed by atoms with Gasteiger partial charge in [-0.3, -0.25) is 9.59 Å². The number of hydrogen-bond donors (Lipinski definition) is 1. The second kappa shape index (κ2) is 9.87. The summed E-state index contributed by atoms with van der Waals surface area (Å²) in [5.41, 5.74) is 1.15. The number of hydrogen-bond acceptors (Lipinski definition) is 3. The molecule has 5 heteroatoms. The number of ether oxygens (including phenoxy) is 1. The number of carbonyl (C=O) groups excluding carboxylic acids is 2. The summed E-state index contributed by atoms with van der Waals surface area (Å²) in [5, 5.41) is 2.78. The van der Waals surface area contributed by atoms with Crippen LogP contribution in [-0.2, 0) is 9.59 Å². The van der Waals surface area contributed by atoms with Crippen LogP contribution in [0.5, 0.6) is 5.75 Å². The second-order valence-electron chi connectivity index (χ2n) is 6.14. The lowest BCUT2D eigenvalue weighted by Crippen LogP contribution is -2.39. The number of benzene rings is 1. The van der Waals surface area contributed by atoms with Gasteiger partial charge < -0.3 is 15.0 Å². The smallest absolute Gasteiger partial charge is 0.258 e. The molecule has 5 nitrogen and oxygen atoms in total. The normalized spacial score (nSPS) is 10.5. The lowest BCUT2D eigenvalue weighted by atomic mass is 10.1. The van der Waals surface area contributed by atoms with Crippen molar-refractivity contribution in [2.24, 2.45) is 5.92 Å². The average Bonchev–Trinajstić information content (AvgIpc) is 2.49. The fourth-order valence-electron chi connectivity index (χ4n) is 2.01. The lowest BCUT2D eigenvalue weighted by Gasteiger charge is -2.22. The molecule has 0 atom stereocenters. The second-order valence-corrected chi connectivity index (χ2v) is 6.14. The maximum atomic E-state index is 11.8. The van der Waals surface area contributed by atoms with Gasteiger partial charge >= 0.3 is 0 Å². The van der Waals surface area contributed by atoms with E-state index in [0.29, 0.717) is 24.8 Å². The van der Waals surface area contributed by atoms with Crippen LogP contribution in [0.25, 0.3) is 0 Å².